The van der Waals surface area contributed by atoms with Crippen LogP contribution in [0, 0.1) is 6.92 Å². The smallest absolute Gasteiger partial charge is 0.354 e. The van der Waals surface area contributed by atoms with Crippen molar-refractivity contribution < 1.29 is 14.3 Å². The number of rotatable bonds is 5. The van der Waals surface area contributed by atoms with Gasteiger partial charge in [-0.05, 0) is 43.3 Å². The second-order valence-corrected chi connectivity index (χ2v) is 8.46. The van der Waals surface area contributed by atoms with Crippen LogP contribution < -0.4 is 20.2 Å². The maximum absolute atomic E-state index is 12.9. The highest BCUT2D eigenvalue weighted by atomic mass is 16.5. The van der Waals surface area contributed by atoms with Crippen LogP contribution in [0.1, 0.15) is 11.4 Å². The van der Waals surface area contributed by atoms with Crippen molar-refractivity contribution in [1.82, 2.24) is 19.2 Å². The van der Waals surface area contributed by atoms with Crippen molar-refractivity contribution >= 4 is 23.3 Å². The molecule has 0 atom stereocenters. The van der Waals surface area contributed by atoms with Crippen molar-refractivity contribution in [1.29, 1.82) is 0 Å². The first-order valence-corrected chi connectivity index (χ1v) is 11.2. The van der Waals surface area contributed by atoms with Crippen LogP contribution in [-0.4, -0.2) is 64.5 Å². The summed E-state index contributed by atoms with van der Waals surface area (Å²) in [6, 6.07) is 14.9. The Labute approximate surface area is 196 Å². The topological polar surface area (TPSA) is 92.9 Å². The van der Waals surface area contributed by atoms with Gasteiger partial charge >= 0.3 is 11.7 Å². The second kappa shape index (κ2) is 8.69. The number of ether oxygens (including phenoxy) is 1. The Morgan fingerprint density at radius 1 is 0.941 bits per heavy atom. The van der Waals surface area contributed by atoms with Crippen LogP contribution in [0.5, 0.6) is 5.75 Å². The van der Waals surface area contributed by atoms with E-state index in [0.717, 1.165) is 28.0 Å². The lowest BCUT2D eigenvalue weighted by Gasteiger charge is -2.36. The fraction of sp³-hybridized carbons (Fsp3) is 0.333. The summed E-state index contributed by atoms with van der Waals surface area (Å²) >= 11 is 0. The van der Waals surface area contributed by atoms with E-state index in [1.165, 1.54) is 10.5 Å². The van der Waals surface area contributed by atoms with Gasteiger partial charge in [-0.2, -0.15) is 9.67 Å². The van der Waals surface area contributed by atoms with Crippen molar-refractivity contribution in [3.8, 4) is 5.75 Å². The van der Waals surface area contributed by atoms with Gasteiger partial charge in [0.25, 0.3) is 0 Å². The Morgan fingerprint density at radius 3 is 2.21 bits per heavy atom. The average molecular weight is 463 g/mol. The van der Waals surface area contributed by atoms with Gasteiger partial charge in [-0.15, -0.1) is 0 Å². The van der Waals surface area contributed by atoms with E-state index in [2.05, 4.69) is 41.2 Å². The van der Waals surface area contributed by atoms with E-state index in [9.17, 15) is 14.4 Å². The van der Waals surface area contributed by atoms with Crippen molar-refractivity contribution in [2.45, 2.75) is 20.0 Å². The van der Waals surface area contributed by atoms with Crippen LogP contribution >= 0.6 is 0 Å². The monoisotopic (exact) mass is 462 g/mol. The summed E-state index contributed by atoms with van der Waals surface area (Å²) in [7, 11) is 1.57. The highest BCUT2D eigenvalue weighted by Gasteiger charge is 2.34. The lowest BCUT2D eigenvalue weighted by molar-refractivity contribution is -0.132. The number of hydrogen-bond donors (Lipinski definition) is 0. The molecule has 1 saturated heterocycles. The number of nitrogens with zero attached hydrogens (tertiary/aromatic N) is 6. The molecular weight excluding hydrogens is 436 g/mol. The normalized spacial score (nSPS) is 15.6. The van der Waals surface area contributed by atoms with E-state index >= 15 is 0 Å². The number of aryl methyl sites for hydroxylation is 1. The fourth-order valence-corrected chi connectivity index (χ4v) is 4.34. The molecule has 5 rings (SSSR count). The van der Waals surface area contributed by atoms with Crippen molar-refractivity contribution in [3.63, 3.8) is 0 Å². The van der Waals surface area contributed by atoms with E-state index in [1.807, 2.05) is 0 Å². The summed E-state index contributed by atoms with van der Waals surface area (Å²) in [5.74, 6) is 0.818. The molecule has 1 aromatic heterocycles. The third-order valence-electron chi connectivity index (χ3n) is 6.33. The van der Waals surface area contributed by atoms with Gasteiger partial charge in [0.15, 0.2) is 5.82 Å². The molecule has 0 saturated carbocycles. The van der Waals surface area contributed by atoms with Crippen molar-refractivity contribution in [3.05, 3.63) is 70.4 Å². The SMILES string of the molecule is COc1ccc(N2Cc3nn(CC(=O)N4CCN(c5ccc(C)cc5)CC4)c(=O)n3C2=O)cc1. The maximum atomic E-state index is 12.9. The van der Waals surface area contributed by atoms with Crippen LogP contribution in [0.3, 0.4) is 0 Å². The second-order valence-electron chi connectivity index (χ2n) is 8.46. The number of benzene rings is 2. The Kier molecular flexibility index (Phi) is 5.56. The largest absolute Gasteiger partial charge is 0.497 e. The molecule has 0 aliphatic carbocycles. The van der Waals surface area contributed by atoms with E-state index < -0.39 is 11.7 Å². The Hall–Kier alpha value is -4.08. The zero-order valence-electron chi connectivity index (χ0n) is 19.2. The fourth-order valence-electron chi connectivity index (χ4n) is 4.34. The average Bonchev–Trinajstić information content (AvgIpc) is 3.35. The van der Waals surface area contributed by atoms with Gasteiger partial charge < -0.3 is 14.5 Å². The van der Waals surface area contributed by atoms with Gasteiger partial charge in [0.2, 0.25) is 5.91 Å². The predicted molar refractivity (Wildman–Crippen MR) is 126 cm³/mol. The third kappa shape index (κ3) is 3.91. The number of fused-ring (bicyclic) bond motifs is 1. The van der Waals surface area contributed by atoms with Crippen LogP contribution in [0.25, 0.3) is 0 Å². The molecule has 1 fully saturated rings. The molecule has 3 heterocycles. The first-order valence-electron chi connectivity index (χ1n) is 11.2. The molecule has 2 aliphatic heterocycles. The number of piperazine rings is 1. The quantitative estimate of drug-likeness (QED) is 0.573. The number of methoxy groups -OCH3 is 1. The van der Waals surface area contributed by atoms with Gasteiger partial charge in [0, 0.05) is 37.6 Å². The molecule has 2 aromatic carbocycles. The van der Waals surface area contributed by atoms with Crippen LogP contribution in [-0.2, 0) is 17.9 Å². The molecule has 176 valence electrons. The zero-order valence-corrected chi connectivity index (χ0v) is 19.2. The summed E-state index contributed by atoms with van der Waals surface area (Å²) in [5, 5.41) is 4.28. The number of hydrogen-bond acceptors (Lipinski definition) is 6. The zero-order chi connectivity index (χ0) is 23.8. The minimum Gasteiger partial charge on any atom is -0.497 e. The summed E-state index contributed by atoms with van der Waals surface area (Å²) in [6.07, 6.45) is 0. The van der Waals surface area contributed by atoms with E-state index in [-0.39, 0.29) is 19.0 Å². The molecule has 10 heteroatoms. The molecule has 34 heavy (non-hydrogen) atoms. The van der Waals surface area contributed by atoms with Gasteiger partial charge in [0.1, 0.15) is 12.3 Å². The molecule has 2 amide bonds. The highest BCUT2D eigenvalue weighted by Crippen LogP contribution is 2.24. The molecular formula is C24H26N6O4. The predicted octanol–water partition coefficient (Wildman–Crippen LogP) is 1.70. The van der Waals surface area contributed by atoms with Crippen molar-refractivity contribution in [2.24, 2.45) is 0 Å². The van der Waals surface area contributed by atoms with Crippen LogP contribution in [0.15, 0.2) is 53.3 Å². The van der Waals surface area contributed by atoms with Gasteiger partial charge in [0.05, 0.1) is 13.7 Å². The van der Waals surface area contributed by atoms with E-state index in [1.54, 1.807) is 36.3 Å². The number of carbonyl (C=O) groups excluding carboxylic acids is 2. The van der Waals surface area contributed by atoms with E-state index in [4.69, 9.17) is 4.74 Å². The van der Waals surface area contributed by atoms with Gasteiger partial charge in [-0.1, -0.05) is 17.7 Å². The van der Waals surface area contributed by atoms with E-state index in [0.29, 0.717) is 30.4 Å². The molecule has 0 spiro atoms. The summed E-state index contributed by atoms with van der Waals surface area (Å²) < 4.78 is 7.27. The third-order valence-corrected chi connectivity index (χ3v) is 6.33. The lowest BCUT2D eigenvalue weighted by Crippen LogP contribution is -2.50. The van der Waals surface area contributed by atoms with Gasteiger partial charge in [-0.25, -0.2) is 14.3 Å². The molecule has 0 radical (unpaired) electrons. The minimum absolute atomic E-state index is 0.164. The first-order chi connectivity index (χ1) is 16.4. The van der Waals surface area contributed by atoms with Crippen LogP contribution in [0.4, 0.5) is 16.2 Å². The Bertz CT molecular complexity index is 1270. The molecule has 3 aromatic rings. The maximum Gasteiger partial charge on any atom is 0.354 e. The van der Waals surface area contributed by atoms with Crippen LogP contribution in [0.2, 0.25) is 0 Å². The minimum atomic E-state index is -0.595. The molecule has 0 unspecified atom stereocenters. The summed E-state index contributed by atoms with van der Waals surface area (Å²) in [4.78, 5) is 44.0. The molecule has 0 N–H and O–H groups in total. The number of amides is 2. The highest BCUT2D eigenvalue weighted by molar-refractivity contribution is 5.96. The summed E-state index contributed by atoms with van der Waals surface area (Å²) in [6.45, 7) is 4.62. The summed E-state index contributed by atoms with van der Waals surface area (Å²) in [5.41, 5.74) is 2.40. The lowest BCUT2D eigenvalue weighted by atomic mass is 10.2. The molecule has 10 nitrogen and oxygen atoms in total. The number of carbonyl (C=O) groups is 2. The number of anilines is 2. The Morgan fingerprint density at radius 2 is 1.59 bits per heavy atom. The van der Waals surface area contributed by atoms with Gasteiger partial charge in [-0.3, -0.25) is 9.69 Å². The first kappa shape index (κ1) is 21.7. The Balaban J connectivity index is 1.23. The standard InChI is InChI=1S/C24H26N6O4/c1-17-3-5-18(6-4-17)26-11-13-27(14-12-26)22(31)16-29-24(33)30-21(25-29)15-28(23(30)32)19-7-9-20(34-2)10-8-19/h3-10H,11-16H2,1-2H3. The number of aromatic nitrogens is 3. The molecule has 0 bridgehead atoms. The van der Waals surface area contributed by atoms with Crippen molar-refractivity contribution in [2.75, 3.05) is 43.1 Å². The molecule has 2 aliphatic rings.